The predicted octanol–water partition coefficient (Wildman–Crippen LogP) is 2.68. The van der Waals surface area contributed by atoms with Crippen molar-refractivity contribution in [3.8, 4) is 0 Å². The van der Waals surface area contributed by atoms with Crippen molar-refractivity contribution in [2.45, 2.75) is 50.2 Å². The van der Waals surface area contributed by atoms with E-state index in [1.54, 1.807) is 0 Å². The van der Waals surface area contributed by atoms with Crippen LogP contribution in [0, 0.1) is 0 Å². The average Bonchev–Trinajstić information content (AvgIpc) is 2.76. The molecule has 0 spiro atoms. The normalized spacial score (nSPS) is 27.8. The smallest absolute Gasteiger partial charge is 0.0300 e. The van der Waals surface area contributed by atoms with E-state index in [-0.39, 0.29) is 24.8 Å². The molecule has 5 heteroatoms. The molecule has 1 aromatic heterocycles. The highest BCUT2D eigenvalue weighted by atomic mass is 35.5. The second-order valence-corrected chi connectivity index (χ2v) is 5.85. The number of aromatic nitrogens is 1. The lowest BCUT2D eigenvalue weighted by Crippen LogP contribution is -2.47. The van der Waals surface area contributed by atoms with Crippen LogP contribution < -0.4 is 5.32 Å². The van der Waals surface area contributed by atoms with E-state index < -0.39 is 0 Å². The molecule has 0 radical (unpaired) electrons. The summed E-state index contributed by atoms with van der Waals surface area (Å²) in [5.74, 6) is 0. The second kappa shape index (κ2) is 8.18. The summed E-state index contributed by atoms with van der Waals surface area (Å²) in [6, 6.07) is 6.55. The Bertz CT molecular complexity index is 376. The van der Waals surface area contributed by atoms with E-state index >= 15 is 0 Å². The molecule has 1 aromatic rings. The summed E-state index contributed by atoms with van der Waals surface area (Å²) in [6.45, 7) is 1.15. The predicted molar refractivity (Wildman–Crippen MR) is 88.0 cm³/mol. The Labute approximate surface area is 134 Å². The van der Waals surface area contributed by atoms with Gasteiger partial charge in [0.25, 0.3) is 0 Å². The number of piperidine rings is 1. The lowest BCUT2D eigenvalue weighted by atomic mass is 9.98. The standard InChI is InChI=1S/C15H23N3.2ClH/c1-18(8-6-12-3-2-7-16-11-12)15-9-13-4-5-14(10-15)17-13;;/h2-3,7,11,13-15,17H,4-6,8-10H2,1H3;2*1H. The quantitative estimate of drug-likeness (QED) is 0.925. The fourth-order valence-electron chi connectivity index (χ4n) is 3.42. The van der Waals surface area contributed by atoms with Gasteiger partial charge < -0.3 is 10.2 Å². The van der Waals surface area contributed by atoms with Gasteiger partial charge in [-0.1, -0.05) is 6.07 Å². The maximum atomic E-state index is 4.18. The van der Waals surface area contributed by atoms with Gasteiger partial charge in [-0.3, -0.25) is 4.98 Å². The van der Waals surface area contributed by atoms with Gasteiger partial charge in [-0.2, -0.15) is 0 Å². The summed E-state index contributed by atoms with van der Waals surface area (Å²) in [6.07, 6.45) is 10.4. The topological polar surface area (TPSA) is 28.2 Å². The molecule has 1 N–H and O–H groups in total. The van der Waals surface area contributed by atoms with Crippen molar-refractivity contribution in [3.63, 3.8) is 0 Å². The van der Waals surface area contributed by atoms with Crippen LogP contribution in [0.5, 0.6) is 0 Å². The minimum Gasteiger partial charge on any atom is -0.311 e. The lowest BCUT2D eigenvalue weighted by molar-refractivity contribution is 0.174. The highest BCUT2D eigenvalue weighted by Gasteiger charge is 2.34. The number of nitrogens with one attached hydrogen (secondary N) is 1. The van der Waals surface area contributed by atoms with Crippen LogP contribution in [0.4, 0.5) is 0 Å². The Hall–Kier alpha value is -0.350. The van der Waals surface area contributed by atoms with Crippen molar-refractivity contribution >= 4 is 24.8 Å². The Morgan fingerprint density at radius 3 is 2.55 bits per heavy atom. The highest BCUT2D eigenvalue weighted by molar-refractivity contribution is 5.85. The summed E-state index contributed by atoms with van der Waals surface area (Å²) in [5.41, 5.74) is 1.35. The first kappa shape index (κ1) is 17.7. The van der Waals surface area contributed by atoms with Gasteiger partial charge in [0.1, 0.15) is 0 Å². The molecule has 3 heterocycles. The molecular weight excluding hydrogens is 293 g/mol. The second-order valence-electron chi connectivity index (χ2n) is 5.85. The van der Waals surface area contributed by atoms with E-state index in [0.29, 0.717) is 0 Å². The van der Waals surface area contributed by atoms with E-state index in [9.17, 15) is 0 Å². The van der Waals surface area contributed by atoms with Gasteiger partial charge in [0.15, 0.2) is 0 Å². The lowest BCUT2D eigenvalue weighted by Gasteiger charge is -2.35. The summed E-state index contributed by atoms with van der Waals surface area (Å²) >= 11 is 0. The molecule has 0 aliphatic carbocycles. The van der Waals surface area contributed by atoms with Crippen LogP contribution in [0.1, 0.15) is 31.2 Å². The van der Waals surface area contributed by atoms with Crippen LogP contribution >= 0.6 is 24.8 Å². The van der Waals surface area contributed by atoms with Crippen LogP contribution in [-0.4, -0.2) is 41.6 Å². The molecule has 3 rings (SSSR count). The summed E-state index contributed by atoms with van der Waals surface area (Å²) < 4.78 is 0. The minimum absolute atomic E-state index is 0. The Balaban J connectivity index is 0.000001000. The van der Waals surface area contributed by atoms with Crippen molar-refractivity contribution in [1.82, 2.24) is 15.2 Å². The van der Waals surface area contributed by atoms with E-state index in [1.807, 2.05) is 18.5 Å². The maximum Gasteiger partial charge on any atom is 0.0300 e. The SMILES string of the molecule is CN(CCc1cccnc1)C1CC2CCC(C1)N2.Cl.Cl. The van der Waals surface area contributed by atoms with E-state index in [2.05, 4.69) is 28.3 Å². The van der Waals surface area contributed by atoms with Crippen LogP contribution in [0.25, 0.3) is 0 Å². The molecule has 20 heavy (non-hydrogen) atoms. The molecule has 0 aromatic carbocycles. The van der Waals surface area contributed by atoms with Gasteiger partial charge in [0, 0.05) is 37.1 Å². The monoisotopic (exact) mass is 317 g/mol. The zero-order chi connectivity index (χ0) is 12.4. The number of likely N-dealkylation sites (N-methyl/N-ethyl adjacent to an activating group) is 1. The molecule has 0 saturated carbocycles. The zero-order valence-electron chi connectivity index (χ0n) is 12.0. The molecule has 2 aliphatic heterocycles. The number of fused-ring (bicyclic) bond motifs is 2. The highest BCUT2D eigenvalue weighted by Crippen LogP contribution is 2.29. The Morgan fingerprint density at radius 1 is 1.25 bits per heavy atom. The van der Waals surface area contributed by atoms with E-state index in [1.165, 1.54) is 31.2 Å². The maximum absolute atomic E-state index is 4.18. The number of hydrogen-bond acceptors (Lipinski definition) is 3. The number of rotatable bonds is 4. The minimum atomic E-state index is 0. The molecule has 2 saturated heterocycles. The van der Waals surface area contributed by atoms with Gasteiger partial charge in [-0.05, 0) is 50.8 Å². The van der Waals surface area contributed by atoms with Crippen molar-refractivity contribution in [1.29, 1.82) is 0 Å². The van der Waals surface area contributed by atoms with Crippen molar-refractivity contribution < 1.29 is 0 Å². The largest absolute Gasteiger partial charge is 0.311 e. The Kier molecular flexibility index (Phi) is 7.24. The summed E-state index contributed by atoms with van der Waals surface area (Å²) in [4.78, 5) is 6.74. The van der Waals surface area contributed by atoms with Gasteiger partial charge in [0.05, 0.1) is 0 Å². The Morgan fingerprint density at radius 2 is 1.95 bits per heavy atom. The van der Waals surface area contributed by atoms with Crippen LogP contribution in [0.3, 0.4) is 0 Å². The molecule has 114 valence electrons. The average molecular weight is 318 g/mol. The molecule has 2 atom stereocenters. The molecule has 0 amide bonds. The molecule has 3 nitrogen and oxygen atoms in total. The van der Waals surface area contributed by atoms with E-state index in [0.717, 1.165) is 31.1 Å². The van der Waals surface area contributed by atoms with Crippen LogP contribution in [0.15, 0.2) is 24.5 Å². The molecule has 2 fully saturated rings. The molecule has 2 aliphatic rings. The third-order valence-electron chi connectivity index (χ3n) is 4.55. The first-order valence-electron chi connectivity index (χ1n) is 7.16. The zero-order valence-corrected chi connectivity index (χ0v) is 13.6. The van der Waals surface area contributed by atoms with Crippen LogP contribution in [-0.2, 0) is 6.42 Å². The van der Waals surface area contributed by atoms with Gasteiger partial charge in [0.2, 0.25) is 0 Å². The first-order valence-corrected chi connectivity index (χ1v) is 7.16. The number of nitrogens with zero attached hydrogens (tertiary/aromatic N) is 2. The van der Waals surface area contributed by atoms with Crippen molar-refractivity contribution in [3.05, 3.63) is 30.1 Å². The van der Waals surface area contributed by atoms with E-state index in [4.69, 9.17) is 0 Å². The van der Waals surface area contributed by atoms with Gasteiger partial charge in [-0.15, -0.1) is 24.8 Å². The summed E-state index contributed by atoms with van der Waals surface area (Å²) in [5, 5.41) is 3.71. The van der Waals surface area contributed by atoms with Crippen molar-refractivity contribution in [2.24, 2.45) is 0 Å². The molecule has 2 unspecified atom stereocenters. The number of halogens is 2. The number of pyridine rings is 1. The third kappa shape index (κ3) is 4.32. The number of hydrogen-bond donors (Lipinski definition) is 1. The van der Waals surface area contributed by atoms with Gasteiger partial charge >= 0.3 is 0 Å². The molecule has 2 bridgehead atoms. The first-order chi connectivity index (χ1) is 8.81. The van der Waals surface area contributed by atoms with Gasteiger partial charge in [-0.25, -0.2) is 0 Å². The fourth-order valence-corrected chi connectivity index (χ4v) is 3.42. The summed E-state index contributed by atoms with van der Waals surface area (Å²) in [7, 11) is 2.28. The molecular formula is C15H25Cl2N3. The van der Waals surface area contributed by atoms with Crippen molar-refractivity contribution in [2.75, 3.05) is 13.6 Å². The third-order valence-corrected chi connectivity index (χ3v) is 4.55. The van der Waals surface area contributed by atoms with Crippen LogP contribution in [0.2, 0.25) is 0 Å². The fraction of sp³-hybridized carbons (Fsp3) is 0.667.